The Morgan fingerprint density at radius 2 is 1.92 bits per heavy atom. The van der Waals surface area contributed by atoms with Gasteiger partial charge >= 0.3 is 12.1 Å². The second kappa shape index (κ2) is 8.31. The van der Waals surface area contributed by atoms with Crippen molar-refractivity contribution in [2.24, 2.45) is 5.92 Å². The maximum atomic E-state index is 12.5. The molecule has 1 aromatic carbocycles. The lowest BCUT2D eigenvalue weighted by Gasteiger charge is -2.23. The molecular weight excluding hydrogens is 351 g/mol. The molecule has 0 spiro atoms. The van der Waals surface area contributed by atoms with E-state index in [1.807, 2.05) is 6.92 Å². The number of rotatable bonds is 7. The topological polar surface area (TPSA) is 68.5 Å². The van der Waals surface area contributed by atoms with Crippen LogP contribution < -0.4 is 0 Å². The van der Waals surface area contributed by atoms with Crippen molar-refractivity contribution in [3.8, 4) is 11.4 Å². The fourth-order valence-corrected chi connectivity index (χ4v) is 2.06. The molecule has 0 bridgehead atoms. The summed E-state index contributed by atoms with van der Waals surface area (Å²) in [5.74, 6) is -1.90. The predicted octanol–water partition coefficient (Wildman–Crippen LogP) is 4.08. The molecule has 0 aliphatic rings. The third-order valence-electron chi connectivity index (χ3n) is 3.40. The molecule has 0 atom stereocenters. The first-order valence-corrected chi connectivity index (χ1v) is 8.17. The van der Waals surface area contributed by atoms with E-state index in [4.69, 9.17) is 4.84 Å². The van der Waals surface area contributed by atoms with Gasteiger partial charge in [0.2, 0.25) is 11.7 Å². The highest BCUT2D eigenvalue weighted by Crippen LogP contribution is 2.29. The molecule has 1 amide bonds. The van der Waals surface area contributed by atoms with Crippen LogP contribution in [-0.4, -0.2) is 27.7 Å². The molecule has 0 unspecified atom stereocenters. The van der Waals surface area contributed by atoms with Crippen molar-refractivity contribution in [3.05, 3.63) is 35.7 Å². The van der Waals surface area contributed by atoms with Crippen molar-refractivity contribution in [1.82, 2.24) is 15.2 Å². The minimum Gasteiger partial charge on any atom is -0.329 e. The quantitative estimate of drug-likeness (QED) is 0.686. The smallest absolute Gasteiger partial charge is 0.329 e. The van der Waals surface area contributed by atoms with Crippen molar-refractivity contribution in [1.29, 1.82) is 0 Å². The molecule has 0 aliphatic carbocycles. The molecule has 1 heterocycles. The van der Waals surface area contributed by atoms with Crippen LogP contribution in [0.15, 0.2) is 28.8 Å². The van der Waals surface area contributed by atoms with Gasteiger partial charge in [-0.25, -0.2) is 5.06 Å². The van der Waals surface area contributed by atoms with E-state index in [2.05, 4.69) is 14.7 Å². The van der Waals surface area contributed by atoms with Crippen LogP contribution >= 0.6 is 0 Å². The van der Waals surface area contributed by atoms with E-state index in [0.717, 1.165) is 12.0 Å². The van der Waals surface area contributed by atoms with Gasteiger partial charge < -0.3 is 4.52 Å². The van der Waals surface area contributed by atoms with Crippen LogP contribution in [0.25, 0.3) is 11.4 Å². The fraction of sp³-hybridized carbons (Fsp3) is 0.471. The molecule has 0 N–H and O–H groups in total. The minimum absolute atomic E-state index is 0.143. The molecule has 0 aliphatic heterocycles. The number of alkyl halides is 3. The Morgan fingerprint density at radius 1 is 1.27 bits per heavy atom. The highest BCUT2D eigenvalue weighted by Gasteiger charge is 2.38. The van der Waals surface area contributed by atoms with Crippen LogP contribution in [0, 0.1) is 5.92 Å². The van der Waals surface area contributed by atoms with E-state index in [9.17, 15) is 18.0 Å². The summed E-state index contributed by atoms with van der Waals surface area (Å²) in [6.07, 6.45) is -3.92. The van der Waals surface area contributed by atoms with Gasteiger partial charge in [0.15, 0.2) is 0 Å². The van der Waals surface area contributed by atoms with E-state index >= 15 is 0 Å². The number of benzene rings is 1. The third-order valence-corrected chi connectivity index (χ3v) is 3.40. The van der Waals surface area contributed by atoms with E-state index in [-0.39, 0.29) is 24.2 Å². The van der Waals surface area contributed by atoms with Gasteiger partial charge in [-0.05, 0) is 12.0 Å². The van der Waals surface area contributed by atoms with Crippen molar-refractivity contribution < 1.29 is 27.3 Å². The molecule has 2 rings (SSSR count). The molecule has 1 aromatic heterocycles. The normalized spacial score (nSPS) is 11.8. The van der Waals surface area contributed by atoms with Crippen molar-refractivity contribution in [2.75, 3.05) is 6.61 Å². The fourth-order valence-electron chi connectivity index (χ4n) is 2.06. The molecule has 2 aromatic rings. The van der Waals surface area contributed by atoms with Gasteiger partial charge in [0, 0.05) is 11.5 Å². The summed E-state index contributed by atoms with van der Waals surface area (Å²) in [4.78, 5) is 21.0. The Bertz CT molecular complexity index is 727. The second-order valence-corrected chi connectivity index (χ2v) is 5.98. The zero-order valence-electron chi connectivity index (χ0n) is 14.7. The second-order valence-electron chi connectivity index (χ2n) is 5.98. The average Bonchev–Trinajstić information content (AvgIpc) is 3.09. The Hall–Kier alpha value is -2.42. The monoisotopic (exact) mass is 371 g/mol. The van der Waals surface area contributed by atoms with Crippen molar-refractivity contribution in [2.45, 2.75) is 39.9 Å². The molecule has 0 saturated heterocycles. The van der Waals surface area contributed by atoms with E-state index in [1.54, 1.807) is 38.1 Å². The first-order valence-electron chi connectivity index (χ1n) is 8.17. The molecule has 142 valence electrons. The number of amides is 1. The highest BCUT2D eigenvalue weighted by atomic mass is 19.4. The first-order chi connectivity index (χ1) is 12.2. The number of aromatic nitrogens is 2. The Labute approximate surface area is 148 Å². The maximum absolute atomic E-state index is 12.5. The molecule has 6 nitrogen and oxygen atoms in total. The number of hydroxylamine groups is 2. The Balaban J connectivity index is 2.12. The van der Waals surface area contributed by atoms with Crippen LogP contribution in [0.2, 0.25) is 0 Å². The van der Waals surface area contributed by atoms with Gasteiger partial charge in [-0.1, -0.05) is 50.2 Å². The first kappa shape index (κ1) is 19.9. The summed E-state index contributed by atoms with van der Waals surface area (Å²) in [6, 6.07) is 6.49. The van der Waals surface area contributed by atoms with Crippen LogP contribution in [0.1, 0.15) is 38.6 Å². The highest BCUT2D eigenvalue weighted by molar-refractivity contribution is 5.77. The lowest BCUT2D eigenvalue weighted by atomic mass is 10.1. The maximum Gasteiger partial charge on any atom is 0.471 e. The van der Waals surface area contributed by atoms with E-state index in [1.165, 1.54) is 5.06 Å². The molecule has 0 fully saturated rings. The molecular formula is C17H20F3N3O3. The van der Waals surface area contributed by atoms with Crippen LogP contribution in [0.4, 0.5) is 13.2 Å². The van der Waals surface area contributed by atoms with Gasteiger partial charge in [0.05, 0.1) is 13.2 Å². The van der Waals surface area contributed by atoms with Gasteiger partial charge in [-0.3, -0.25) is 9.63 Å². The zero-order chi connectivity index (χ0) is 19.3. The van der Waals surface area contributed by atoms with Crippen molar-refractivity contribution in [3.63, 3.8) is 0 Å². The summed E-state index contributed by atoms with van der Waals surface area (Å²) < 4.78 is 41.8. The number of carbonyl (C=O) groups is 1. The van der Waals surface area contributed by atoms with Gasteiger partial charge in [-0.15, -0.1) is 0 Å². The number of nitrogens with zero attached hydrogens (tertiary/aromatic N) is 3. The van der Waals surface area contributed by atoms with Gasteiger partial charge in [0.1, 0.15) is 0 Å². The SMILES string of the molecule is CCCON(Cc1ccc(-c2noc(C(F)(F)F)n2)cc1)C(=O)C(C)C. The summed E-state index contributed by atoms with van der Waals surface area (Å²) in [5.41, 5.74) is 1.14. The number of carbonyl (C=O) groups excluding carboxylic acids is 1. The van der Waals surface area contributed by atoms with Crippen LogP contribution in [0.5, 0.6) is 0 Å². The standard InChI is InChI=1S/C17H20F3N3O3/c1-4-9-25-23(15(24)11(2)3)10-12-5-7-13(8-6-12)14-21-16(26-22-14)17(18,19)20/h5-8,11H,4,9-10H2,1-3H3. The summed E-state index contributed by atoms with van der Waals surface area (Å²) in [7, 11) is 0. The van der Waals surface area contributed by atoms with Crippen molar-refractivity contribution >= 4 is 5.91 Å². The lowest BCUT2D eigenvalue weighted by Crippen LogP contribution is -2.34. The van der Waals surface area contributed by atoms with Gasteiger partial charge in [0.25, 0.3) is 0 Å². The van der Waals surface area contributed by atoms with Crippen LogP contribution in [0.3, 0.4) is 0 Å². The molecule has 9 heteroatoms. The molecule has 26 heavy (non-hydrogen) atoms. The number of hydrogen-bond acceptors (Lipinski definition) is 5. The van der Waals surface area contributed by atoms with E-state index < -0.39 is 12.1 Å². The molecule has 0 radical (unpaired) electrons. The number of halogens is 3. The lowest BCUT2D eigenvalue weighted by molar-refractivity contribution is -0.193. The van der Waals surface area contributed by atoms with E-state index in [0.29, 0.717) is 12.2 Å². The minimum atomic E-state index is -4.68. The predicted molar refractivity (Wildman–Crippen MR) is 86.4 cm³/mol. The van der Waals surface area contributed by atoms with Crippen LogP contribution in [-0.2, 0) is 22.4 Å². The summed E-state index contributed by atoms with van der Waals surface area (Å²) in [5, 5.41) is 4.64. The number of hydrogen-bond donors (Lipinski definition) is 0. The Morgan fingerprint density at radius 3 is 2.42 bits per heavy atom. The average molecular weight is 371 g/mol. The Kier molecular flexibility index (Phi) is 6.36. The largest absolute Gasteiger partial charge is 0.471 e. The van der Waals surface area contributed by atoms with Gasteiger partial charge in [-0.2, -0.15) is 18.2 Å². The molecule has 0 saturated carbocycles. The summed E-state index contributed by atoms with van der Waals surface area (Å²) >= 11 is 0. The zero-order valence-corrected chi connectivity index (χ0v) is 14.7. The summed E-state index contributed by atoms with van der Waals surface area (Å²) in [6.45, 7) is 6.15. The third kappa shape index (κ3) is 5.04.